The van der Waals surface area contributed by atoms with Crippen LogP contribution in [0.4, 0.5) is 10.1 Å². The van der Waals surface area contributed by atoms with Gasteiger partial charge in [0.1, 0.15) is 6.67 Å². The molecule has 0 fully saturated rings. The van der Waals surface area contributed by atoms with Crippen molar-refractivity contribution in [1.82, 2.24) is 0 Å². The van der Waals surface area contributed by atoms with Crippen molar-refractivity contribution in [3.8, 4) is 11.1 Å². The molecule has 0 amide bonds. The third-order valence-electron chi connectivity index (χ3n) is 3.36. The van der Waals surface area contributed by atoms with Crippen LogP contribution in [0.25, 0.3) is 11.1 Å². The monoisotopic (exact) mass is 338 g/mol. The number of halogens is 1. The molecule has 2 rings (SSSR count). The standard InChI is InChI=1S/C16H19FN2O3S/c1-23(21,22)19-14-8-6-12(7-9-14)11-2-4-13(5-3-11)16(20)15(18)10-17/h2-9,15-16,19-20H,10,18H2,1H3/t15?,16-/m1/s1. The lowest BCUT2D eigenvalue weighted by atomic mass is 9.99. The predicted molar refractivity (Wildman–Crippen MR) is 89.3 cm³/mol. The van der Waals surface area contributed by atoms with Gasteiger partial charge in [-0.25, -0.2) is 12.8 Å². The molecule has 0 aliphatic heterocycles. The first-order valence-electron chi connectivity index (χ1n) is 6.98. The molecule has 2 atom stereocenters. The Morgan fingerprint density at radius 1 is 1.09 bits per heavy atom. The molecule has 0 saturated heterocycles. The van der Waals surface area contributed by atoms with E-state index in [1.165, 1.54) is 0 Å². The molecule has 0 saturated carbocycles. The number of alkyl halides is 1. The summed E-state index contributed by atoms with van der Waals surface area (Å²) in [6.45, 7) is -0.794. The zero-order chi connectivity index (χ0) is 17.0. The minimum Gasteiger partial charge on any atom is -0.387 e. The van der Waals surface area contributed by atoms with E-state index in [4.69, 9.17) is 5.73 Å². The largest absolute Gasteiger partial charge is 0.387 e. The zero-order valence-electron chi connectivity index (χ0n) is 12.6. The summed E-state index contributed by atoms with van der Waals surface area (Å²) >= 11 is 0. The number of hydrogen-bond acceptors (Lipinski definition) is 4. The van der Waals surface area contributed by atoms with Crippen molar-refractivity contribution in [2.45, 2.75) is 12.1 Å². The van der Waals surface area contributed by atoms with Crippen molar-refractivity contribution in [2.24, 2.45) is 5.73 Å². The second-order valence-electron chi connectivity index (χ2n) is 5.34. The summed E-state index contributed by atoms with van der Waals surface area (Å²) in [7, 11) is -3.30. The van der Waals surface area contributed by atoms with E-state index in [9.17, 15) is 17.9 Å². The van der Waals surface area contributed by atoms with Crippen LogP contribution in [-0.2, 0) is 10.0 Å². The number of anilines is 1. The molecule has 0 heterocycles. The third-order valence-corrected chi connectivity index (χ3v) is 3.96. The van der Waals surface area contributed by atoms with Crippen LogP contribution >= 0.6 is 0 Å². The summed E-state index contributed by atoms with van der Waals surface area (Å²) in [5.74, 6) is 0. The summed E-state index contributed by atoms with van der Waals surface area (Å²) in [6, 6.07) is 12.9. The highest BCUT2D eigenvalue weighted by atomic mass is 32.2. The summed E-state index contributed by atoms with van der Waals surface area (Å²) in [4.78, 5) is 0. The number of nitrogens with one attached hydrogen (secondary N) is 1. The van der Waals surface area contributed by atoms with Gasteiger partial charge >= 0.3 is 0 Å². The van der Waals surface area contributed by atoms with Crippen LogP contribution in [0.1, 0.15) is 11.7 Å². The topological polar surface area (TPSA) is 92.4 Å². The lowest BCUT2D eigenvalue weighted by molar-refractivity contribution is 0.132. The Kier molecular flexibility index (Phi) is 5.35. The van der Waals surface area contributed by atoms with Gasteiger partial charge in [-0.15, -0.1) is 0 Å². The molecule has 7 heteroatoms. The van der Waals surface area contributed by atoms with Gasteiger partial charge in [-0.3, -0.25) is 4.72 Å². The minimum absolute atomic E-state index is 0.484. The van der Waals surface area contributed by atoms with Crippen LogP contribution in [0.2, 0.25) is 0 Å². The minimum atomic E-state index is -3.30. The van der Waals surface area contributed by atoms with E-state index in [0.717, 1.165) is 17.4 Å². The Bertz CT molecular complexity index is 746. The third kappa shape index (κ3) is 4.75. The summed E-state index contributed by atoms with van der Waals surface area (Å²) in [5.41, 5.74) is 8.30. The Labute approximate surface area is 135 Å². The van der Waals surface area contributed by atoms with E-state index in [0.29, 0.717) is 11.3 Å². The Morgan fingerprint density at radius 3 is 2.00 bits per heavy atom. The zero-order valence-corrected chi connectivity index (χ0v) is 13.4. The van der Waals surface area contributed by atoms with Gasteiger partial charge in [0.2, 0.25) is 10.0 Å². The van der Waals surface area contributed by atoms with Gasteiger partial charge in [-0.2, -0.15) is 0 Å². The fourth-order valence-electron chi connectivity index (χ4n) is 2.15. The highest BCUT2D eigenvalue weighted by Crippen LogP contribution is 2.24. The van der Waals surface area contributed by atoms with Gasteiger partial charge in [0.05, 0.1) is 18.4 Å². The highest BCUT2D eigenvalue weighted by molar-refractivity contribution is 7.92. The van der Waals surface area contributed by atoms with Gasteiger partial charge in [0, 0.05) is 5.69 Å². The van der Waals surface area contributed by atoms with Crippen molar-refractivity contribution in [3.63, 3.8) is 0 Å². The maximum absolute atomic E-state index is 12.5. The predicted octanol–water partition coefficient (Wildman–Crippen LogP) is 2.06. The Hall–Kier alpha value is -1.96. The van der Waals surface area contributed by atoms with E-state index in [1.54, 1.807) is 48.5 Å². The quantitative estimate of drug-likeness (QED) is 0.752. The molecule has 0 aliphatic carbocycles. The lowest BCUT2D eigenvalue weighted by Crippen LogP contribution is -2.30. The van der Waals surface area contributed by atoms with Crippen molar-refractivity contribution < 1.29 is 17.9 Å². The maximum Gasteiger partial charge on any atom is 0.229 e. The number of rotatable bonds is 6. The number of aliphatic hydroxyl groups is 1. The second kappa shape index (κ2) is 7.08. The average molecular weight is 338 g/mol. The van der Waals surface area contributed by atoms with Crippen molar-refractivity contribution in [1.29, 1.82) is 0 Å². The molecule has 124 valence electrons. The van der Waals surface area contributed by atoms with E-state index in [2.05, 4.69) is 4.72 Å². The SMILES string of the molecule is CS(=O)(=O)Nc1ccc(-c2ccc([C@@H](O)C(N)CF)cc2)cc1. The Balaban J connectivity index is 2.16. The molecule has 0 aromatic heterocycles. The van der Waals surface area contributed by atoms with Gasteiger partial charge in [-0.05, 0) is 28.8 Å². The van der Waals surface area contributed by atoms with Gasteiger partial charge in [0.15, 0.2) is 0 Å². The van der Waals surface area contributed by atoms with Gasteiger partial charge < -0.3 is 10.8 Å². The average Bonchev–Trinajstić information content (AvgIpc) is 2.53. The van der Waals surface area contributed by atoms with Crippen molar-refractivity contribution >= 4 is 15.7 Å². The van der Waals surface area contributed by atoms with Crippen LogP contribution in [0.3, 0.4) is 0 Å². The van der Waals surface area contributed by atoms with Crippen LogP contribution in [0, 0.1) is 0 Å². The summed E-state index contributed by atoms with van der Waals surface area (Å²) in [6.07, 6.45) is 0.0444. The number of benzene rings is 2. The molecule has 5 nitrogen and oxygen atoms in total. The van der Waals surface area contributed by atoms with E-state index in [-0.39, 0.29) is 0 Å². The molecule has 0 radical (unpaired) electrons. The molecule has 4 N–H and O–H groups in total. The van der Waals surface area contributed by atoms with E-state index < -0.39 is 28.8 Å². The maximum atomic E-state index is 12.5. The molecule has 2 aromatic carbocycles. The summed E-state index contributed by atoms with van der Waals surface area (Å²) < 4.78 is 37.2. The molecule has 2 aromatic rings. The fourth-order valence-corrected chi connectivity index (χ4v) is 2.71. The molecule has 1 unspecified atom stereocenters. The molecule has 0 bridgehead atoms. The lowest BCUT2D eigenvalue weighted by Gasteiger charge is -2.16. The van der Waals surface area contributed by atoms with Crippen LogP contribution in [0.15, 0.2) is 48.5 Å². The van der Waals surface area contributed by atoms with Crippen LogP contribution in [0.5, 0.6) is 0 Å². The smallest absolute Gasteiger partial charge is 0.229 e. The second-order valence-corrected chi connectivity index (χ2v) is 7.09. The van der Waals surface area contributed by atoms with E-state index >= 15 is 0 Å². The first-order chi connectivity index (χ1) is 10.8. The van der Waals surface area contributed by atoms with Gasteiger partial charge in [0.25, 0.3) is 0 Å². The van der Waals surface area contributed by atoms with Crippen LogP contribution in [-0.4, -0.2) is 32.5 Å². The molecule has 23 heavy (non-hydrogen) atoms. The number of nitrogens with two attached hydrogens (primary N) is 1. The first kappa shape index (κ1) is 17.4. The van der Waals surface area contributed by atoms with E-state index in [1.807, 2.05) is 0 Å². The van der Waals surface area contributed by atoms with Crippen LogP contribution < -0.4 is 10.5 Å². The highest BCUT2D eigenvalue weighted by Gasteiger charge is 2.16. The first-order valence-corrected chi connectivity index (χ1v) is 8.87. The van der Waals surface area contributed by atoms with Gasteiger partial charge in [-0.1, -0.05) is 36.4 Å². The van der Waals surface area contributed by atoms with Crippen molar-refractivity contribution in [2.75, 3.05) is 17.7 Å². The van der Waals surface area contributed by atoms with Crippen molar-refractivity contribution in [3.05, 3.63) is 54.1 Å². The normalized spacial score (nSPS) is 14.3. The number of hydrogen-bond donors (Lipinski definition) is 3. The summed E-state index contributed by atoms with van der Waals surface area (Å²) in [5, 5.41) is 9.86. The fraction of sp³-hybridized carbons (Fsp3) is 0.250. The molecular weight excluding hydrogens is 319 g/mol. The molecular formula is C16H19FN2O3S. The molecule has 0 spiro atoms. The number of aliphatic hydroxyl groups excluding tert-OH is 1. The number of sulfonamides is 1. The molecule has 0 aliphatic rings. The Morgan fingerprint density at radius 2 is 1.57 bits per heavy atom.